The first-order valence-corrected chi connectivity index (χ1v) is 5.19. The molecule has 1 aromatic heterocycles. The molecule has 0 bridgehead atoms. The summed E-state index contributed by atoms with van der Waals surface area (Å²) in [5, 5.41) is 11.7. The van der Waals surface area contributed by atoms with Gasteiger partial charge in [0.2, 0.25) is 0 Å². The molecule has 18 heavy (non-hydrogen) atoms. The lowest BCUT2D eigenvalue weighted by molar-refractivity contribution is 0.926. The van der Waals surface area contributed by atoms with Crippen LogP contribution in [-0.4, -0.2) is 21.1 Å². The number of nitrogen functional groups attached to an aromatic ring is 1. The highest BCUT2D eigenvalue weighted by molar-refractivity contribution is 5.85. The van der Waals surface area contributed by atoms with E-state index >= 15 is 0 Å². The van der Waals surface area contributed by atoms with Crippen LogP contribution in [0.1, 0.15) is 17.0 Å². The molecule has 0 saturated heterocycles. The summed E-state index contributed by atoms with van der Waals surface area (Å²) in [6, 6.07) is 8.02. The van der Waals surface area contributed by atoms with E-state index < -0.39 is 0 Å². The third kappa shape index (κ3) is 3.21. The van der Waals surface area contributed by atoms with E-state index in [1.54, 1.807) is 13.1 Å². The third-order valence-corrected chi connectivity index (χ3v) is 2.32. The zero-order valence-corrected chi connectivity index (χ0v) is 11.0. The Balaban J connectivity index is 0.00000162. The minimum absolute atomic E-state index is 0. The van der Waals surface area contributed by atoms with Crippen LogP contribution in [0.15, 0.2) is 29.4 Å². The number of nitrogens with one attached hydrogen (secondary N) is 1. The molecule has 96 valence electrons. The molecule has 6 nitrogen and oxygen atoms in total. The molecule has 1 aromatic carbocycles. The molecule has 0 spiro atoms. The monoisotopic (exact) mass is 266 g/mol. The van der Waals surface area contributed by atoms with Gasteiger partial charge < -0.3 is 5.84 Å². The summed E-state index contributed by atoms with van der Waals surface area (Å²) in [5.74, 6) is 6.69. The van der Waals surface area contributed by atoms with Crippen LogP contribution in [0, 0.1) is 13.8 Å². The van der Waals surface area contributed by atoms with Gasteiger partial charge in [0.05, 0.1) is 6.21 Å². The molecule has 0 amide bonds. The largest absolute Gasteiger partial charge is 0.335 e. The molecule has 3 N–H and O–H groups in total. The minimum atomic E-state index is 0. The fraction of sp³-hybridized carbons (Fsp3) is 0.182. The zero-order valence-electron chi connectivity index (χ0n) is 10.2. The first-order chi connectivity index (χ1) is 8.16. The number of aromatic nitrogens is 3. The van der Waals surface area contributed by atoms with Crippen LogP contribution >= 0.6 is 12.4 Å². The van der Waals surface area contributed by atoms with Gasteiger partial charge in [-0.25, -0.2) is 10.1 Å². The molecule has 0 fully saturated rings. The van der Waals surface area contributed by atoms with E-state index in [1.807, 2.05) is 31.2 Å². The molecule has 0 aliphatic heterocycles. The van der Waals surface area contributed by atoms with E-state index in [2.05, 4.69) is 20.7 Å². The van der Waals surface area contributed by atoms with Gasteiger partial charge in [-0.3, -0.25) is 0 Å². The Morgan fingerprint density at radius 2 is 1.89 bits per heavy atom. The van der Waals surface area contributed by atoms with Crippen LogP contribution < -0.4 is 11.3 Å². The molecule has 0 aliphatic carbocycles. The number of hydrazone groups is 1. The maximum Gasteiger partial charge on any atom is 0.263 e. The molecule has 2 rings (SSSR count). The van der Waals surface area contributed by atoms with Crippen LogP contribution in [0.5, 0.6) is 0 Å². The second-order valence-electron chi connectivity index (χ2n) is 3.72. The van der Waals surface area contributed by atoms with Gasteiger partial charge in [0.25, 0.3) is 5.95 Å². The lowest BCUT2D eigenvalue weighted by Crippen LogP contribution is -2.13. The van der Waals surface area contributed by atoms with Gasteiger partial charge in [0, 0.05) is 0 Å². The molecular formula is C11H15ClN6. The summed E-state index contributed by atoms with van der Waals surface area (Å²) in [7, 11) is 0. The van der Waals surface area contributed by atoms with Crippen molar-refractivity contribution in [1.82, 2.24) is 14.9 Å². The van der Waals surface area contributed by atoms with E-state index in [0.717, 1.165) is 5.56 Å². The first-order valence-electron chi connectivity index (χ1n) is 5.19. The number of anilines is 1. The summed E-state index contributed by atoms with van der Waals surface area (Å²) >= 11 is 0. The van der Waals surface area contributed by atoms with Crippen molar-refractivity contribution in [1.29, 1.82) is 0 Å². The predicted molar refractivity (Wildman–Crippen MR) is 74.6 cm³/mol. The smallest absolute Gasteiger partial charge is 0.263 e. The van der Waals surface area contributed by atoms with Crippen LogP contribution in [-0.2, 0) is 0 Å². The first kappa shape index (κ1) is 14.0. The number of hydrogen-bond donors (Lipinski definition) is 2. The molecule has 7 heteroatoms. The van der Waals surface area contributed by atoms with Crippen molar-refractivity contribution in [2.24, 2.45) is 5.10 Å². The molecule has 1 heterocycles. The zero-order chi connectivity index (χ0) is 12.3. The molecule has 0 saturated carbocycles. The van der Waals surface area contributed by atoms with Gasteiger partial charge in [0.1, 0.15) is 0 Å². The molecule has 0 radical (unpaired) electrons. The highest BCUT2D eigenvalue weighted by Gasteiger charge is 2.02. The summed E-state index contributed by atoms with van der Waals surface area (Å²) in [6.07, 6.45) is 1.70. The third-order valence-electron chi connectivity index (χ3n) is 2.32. The van der Waals surface area contributed by atoms with E-state index in [1.165, 1.54) is 10.2 Å². The average molecular weight is 267 g/mol. The molecule has 0 aliphatic rings. The van der Waals surface area contributed by atoms with Crippen LogP contribution in [0.4, 0.5) is 5.95 Å². The predicted octanol–water partition coefficient (Wildman–Crippen LogP) is 1.48. The minimum Gasteiger partial charge on any atom is -0.335 e. The quantitative estimate of drug-likeness (QED) is 0.501. The fourth-order valence-electron chi connectivity index (χ4n) is 1.26. The van der Waals surface area contributed by atoms with Crippen molar-refractivity contribution in [2.45, 2.75) is 13.8 Å². The highest BCUT2D eigenvalue weighted by Crippen LogP contribution is 2.02. The Labute approximate surface area is 111 Å². The Morgan fingerprint density at radius 3 is 2.44 bits per heavy atom. The van der Waals surface area contributed by atoms with Crippen molar-refractivity contribution in [2.75, 3.05) is 11.3 Å². The van der Waals surface area contributed by atoms with Gasteiger partial charge >= 0.3 is 0 Å². The van der Waals surface area contributed by atoms with Crippen molar-refractivity contribution >= 4 is 24.6 Å². The normalized spacial score (nSPS) is 10.3. The van der Waals surface area contributed by atoms with Crippen molar-refractivity contribution < 1.29 is 0 Å². The summed E-state index contributed by atoms with van der Waals surface area (Å²) in [4.78, 5) is 0. The molecular weight excluding hydrogens is 252 g/mol. The maximum absolute atomic E-state index is 5.66. The Hall–Kier alpha value is -2.08. The highest BCUT2D eigenvalue weighted by atomic mass is 35.5. The number of benzene rings is 1. The van der Waals surface area contributed by atoms with Gasteiger partial charge in [-0.2, -0.15) is 5.10 Å². The molecule has 0 unspecified atom stereocenters. The van der Waals surface area contributed by atoms with E-state index in [4.69, 9.17) is 5.84 Å². The number of rotatable bonds is 3. The van der Waals surface area contributed by atoms with E-state index in [9.17, 15) is 0 Å². The second kappa shape index (κ2) is 6.02. The molecule has 0 atom stereocenters. The number of halogens is 1. The number of hydrogen-bond acceptors (Lipinski definition) is 5. The lowest BCUT2D eigenvalue weighted by Gasteiger charge is -1.99. The molecule has 2 aromatic rings. The van der Waals surface area contributed by atoms with Crippen molar-refractivity contribution in [3.8, 4) is 0 Å². The fourth-order valence-corrected chi connectivity index (χ4v) is 1.26. The Morgan fingerprint density at radius 1 is 1.22 bits per heavy atom. The average Bonchev–Trinajstić information content (AvgIpc) is 2.64. The Kier molecular flexibility index (Phi) is 4.67. The van der Waals surface area contributed by atoms with E-state index in [0.29, 0.717) is 11.8 Å². The van der Waals surface area contributed by atoms with Gasteiger partial charge in [-0.15, -0.1) is 22.6 Å². The van der Waals surface area contributed by atoms with Gasteiger partial charge in [-0.05, 0) is 19.4 Å². The lowest BCUT2D eigenvalue weighted by atomic mass is 10.2. The standard InChI is InChI=1S/C11H14N6.ClH/c1-8-3-5-10(6-4-8)7-13-15-11-16-14-9(2)17(11)12;/h3-7H,12H2,1-2H3,(H,15,16);1H. The van der Waals surface area contributed by atoms with E-state index in [-0.39, 0.29) is 12.4 Å². The van der Waals surface area contributed by atoms with Crippen molar-refractivity contribution in [3.05, 3.63) is 41.2 Å². The number of aryl methyl sites for hydroxylation is 2. The summed E-state index contributed by atoms with van der Waals surface area (Å²) in [6.45, 7) is 3.81. The summed E-state index contributed by atoms with van der Waals surface area (Å²) < 4.78 is 1.34. The van der Waals surface area contributed by atoms with Crippen LogP contribution in [0.2, 0.25) is 0 Å². The Bertz CT molecular complexity index is 531. The topological polar surface area (TPSA) is 81.1 Å². The number of nitrogens with zero attached hydrogens (tertiary/aromatic N) is 4. The van der Waals surface area contributed by atoms with Crippen LogP contribution in [0.25, 0.3) is 0 Å². The summed E-state index contributed by atoms with van der Waals surface area (Å²) in [5.41, 5.74) is 4.95. The van der Waals surface area contributed by atoms with Crippen LogP contribution in [0.3, 0.4) is 0 Å². The van der Waals surface area contributed by atoms with Crippen molar-refractivity contribution in [3.63, 3.8) is 0 Å². The van der Waals surface area contributed by atoms with Gasteiger partial charge in [-0.1, -0.05) is 29.8 Å². The van der Waals surface area contributed by atoms with Gasteiger partial charge in [0.15, 0.2) is 5.82 Å². The second-order valence-corrected chi connectivity index (χ2v) is 3.72. The maximum atomic E-state index is 5.66. The number of nitrogens with two attached hydrogens (primary N) is 1. The SMILES string of the molecule is Cc1ccc(C=NNc2nnc(C)n2N)cc1.Cl.